The van der Waals surface area contributed by atoms with Crippen molar-refractivity contribution in [2.75, 3.05) is 26.3 Å². The molecular formula is C25H32N2O2. The highest BCUT2D eigenvalue weighted by Gasteiger charge is 2.41. The van der Waals surface area contributed by atoms with Crippen LogP contribution < -0.4 is 5.32 Å². The molecular weight excluding hydrogens is 360 g/mol. The maximum Gasteiger partial charge on any atom is 0.231 e. The van der Waals surface area contributed by atoms with Crippen LogP contribution in [-0.4, -0.2) is 37.1 Å². The Balaban J connectivity index is 1.42. The zero-order valence-corrected chi connectivity index (χ0v) is 17.2. The fourth-order valence-corrected chi connectivity index (χ4v) is 4.69. The van der Waals surface area contributed by atoms with E-state index in [0.29, 0.717) is 19.8 Å². The molecule has 1 N–H and O–H groups in total. The first kappa shape index (κ1) is 20.1. The third kappa shape index (κ3) is 4.88. The molecule has 2 heterocycles. The summed E-state index contributed by atoms with van der Waals surface area (Å²) in [6.07, 6.45) is 5.44. The molecule has 2 aromatic rings. The van der Waals surface area contributed by atoms with Gasteiger partial charge in [-0.1, -0.05) is 61.0 Å². The van der Waals surface area contributed by atoms with Crippen molar-refractivity contribution in [1.29, 1.82) is 0 Å². The van der Waals surface area contributed by atoms with Gasteiger partial charge in [-0.2, -0.15) is 0 Å². The summed E-state index contributed by atoms with van der Waals surface area (Å²) in [4.78, 5) is 15.9. The number of hydrogen-bond donors (Lipinski definition) is 1. The first-order valence-electron chi connectivity index (χ1n) is 11.0. The predicted molar refractivity (Wildman–Crippen MR) is 116 cm³/mol. The number of nitrogens with zero attached hydrogens (tertiary/aromatic N) is 1. The molecule has 0 spiro atoms. The summed E-state index contributed by atoms with van der Waals surface area (Å²) in [7, 11) is 0. The van der Waals surface area contributed by atoms with Gasteiger partial charge in [0.25, 0.3) is 0 Å². The van der Waals surface area contributed by atoms with Crippen LogP contribution in [-0.2, 0) is 28.0 Å². The molecule has 0 radical (unpaired) electrons. The highest BCUT2D eigenvalue weighted by molar-refractivity contribution is 5.88. The SMILES string of the molecule is O=C(NCc1cccc(CN2CCCCC2)c1)C1(c2ccccc2)CCOCC1. The molecule has 0 aromatic heterocycles. The molecule has 4 heteroatoms. The van der Waals surface area contributed by atoms with E-state index >= 15 is 0 Å². The van der Waals surface area contributed by atoms with Crippen molar-refractivity contribution in [1.82, 2.24) is 10.2 Å². The quantitative estimate of drug-likeness (QED) is 0.807. The largest absolute Gasteiger partial charge is 0.381 e. The molecule has 0 atom stereocenters. The van der Waals surface area contributed by atoms with Gasteiger partial charge in [-0.15, -0.1) is 0 Å². The molecule has 2 aliphatic heterocycles. The fourth-order valence-electron chi connectivity index (χ4n) is 4.69. The van der Waals surface area contributed by atoms with E-state index in [-0.39, 0.29) is 5.91 Å². The lowest BCUT2D eigenvalue weighted by atomic mass is 9.73. The number of carbonyl (C=O) groups excluding carboxylic acids is 1. The van der Waals surface area contributed by atoms with Crippen molar-refractivity contribution in [3.63, 3.8) is 0 Å². The van der Waals surface area contributed by atoms with Crippen molar-refractivity contribution in [3.8, 4) is 0 Å². The van der Waals surface area contributed by atoms with E-state index in [2.05, 4.69) is 46.6 Å². The summed E-state index contributed by atoms with van der Waals surface area (Å²) < 4.78 is 5.56. The molecule has 2 fully saturated rings. The number of nitrogens with one attached hydrogen (secondary N) is 1. The monoisotopic (exact) mass is 392 g/mol. The van der Waals surface area contributed by atoms with Gasteiger partial charge in [-0.3, -0.25) is 9.69 Å². The number of piperidine rings is 1. The smallest absolute Gasteiger partial charge is 0.231 e. The topological polar surface area (TPSA) is 41.6 Å². The normalized spacial score (nSPS) is 19.6. The van der Waals surface area contributed by atoms with E-state index in [9.17, 15) is 4.79 Å². The van der Waals surface area contributed by atoms with E-state index in [1.807, 2.05) is 18.2 Å². The zero-order valence-electron chi connectivity index (χ0n) is 17.2. The number of benzene rings is 2. The molecule has 0 bridgehead atoms. The minimum Gasteiger partial charge on any atom is -0.381 e. The van der Waals surface area contributed by atoms with Crippen LogP contribution in [0.5, 0.6) is 0 Å². The third-order valence-corrected chi connectivity index (χ3v) is 6.41. The van der Waals surface area contributed by atoms with Gasteiger partial charge in [0, 0.05) is 26.3 Å². The van der Waals surface area contributed by atoms with Crippen LogP contribution in [0.4, 0.5) is 0 Å². The van der Waals surface area contributed by atoms with Crippen LogP contribution in [0.2, 0.25) is 0 Å². The van der Waals surface area contributed by atoms with Gasteiger partial charge < -0.3 is 10.1 Å². The lowest BCUT2D eigenvalue weighted by molar-refractivity contribution is -0.130. The summed E-state index contributed by atoms with van der Waals surface area (Å²) in [6, 6.07) is 18.9. The Bertz CT molecular complexity index is 793. The Morgan fingerprint density at radius 3 is 2.41 bits per heavy atom. The van der Waals surface area contributed by atoms with Crippen molar-refractivity contribution >= 4 is 5.91 Å². The number of carbonyl (C=O) groups is 1. The molecule has 1 amide bonds. The Morgan fingerprint density at radius 1 is 0.931 bits per heavy atom. The molecule has 0 unspecified atom stereocenters. The minimum absolute atomic E-state index is 0.119. The van der Waals surface area contributed by atoms with Crippen LogP contribution in [0.3, 0.4) is 0 Å². The van der Waals surface area contributed by atoms with Crippen LogP contribution >= 0.6 is 0 Å². The average Bonchev–Trinajstić information content (AvgIpc) is 2.79. The van der Waals surface area contributed by atoms with Crippen molar-refractivity contribution in [2.45, 2.75) is 50.6 Å². The summed E-state index contributed by atoms with van der Waals surface area (Å²) in [5.41, 5.74) is 3.12. The van der Waals surface area contributed by atoms with Gasteiger partial charge in [0.15, 0.2) is 0 Å². The highest BCUT2D eigenvalue weighted by atomic mass is 16.5. The number of rotatable bonds is 6. The van der Waals surface area contributed by atoms with Gasteiger partial charge in [-0.25, -0.2) is 0 Å². The highest BCUT2D eigenvalue weighted by Crippen LogP contribution is 2.35. The van der Waals surface area contributed by atoms with E-state index in [0.717, 1.165) is 24.9 Å². The number of ether oxygens (including phenoxy) is 1. The van der Waals surface area contributed by atoms with Crippen molar-refractivity contribution < 1.29 is 9.53 Å². The predicted octanol–water partition coefficient (Wildman–Crippen LogP) is 4.04. The number of amides is 1. The lowest BCUT2D eigenvalue weighted by Gasteiger charge is -2.36. The second-order valence-corrected chi connectivity index (χ2v) is 8.40. The summed E-state index contributed by atoms with van der Waals surface area (Å²) in [6.45, 7) is 5.24. The van der Waals surface area contributed by atoms with Crippen LogP contribution in [0.15, 0.2) is 54.6 Å². The lowest BCUT2D eigenvalue weighted by Crippen LogP contribution is -2.47. The van der Waals surface area contributed by atoms with Crippen molar-refractivity contribution in [3.05, 3.63) is 71.3 Å². The van der Waals surface area contributed by atoms with E-state index in [4.69, 9.17) is 4.74 Å². The maximum absolute atomic E-state index is 13.3. The van der Waals surface area contributed by atoms with Crippen LogP contribution in [0, 0.1) is 0 Å². The molecule has 0 saturated carbocycles. The second-order valence-electron chi connectivity index (χ2n) is 8.40. The standard InChI is InChI=1S/C25H32N2O2/c28-24(25(12-16-29-17-13-25)23-10-3-1-4-11-23)26-19-21-8-7-9-22(18-21)20-27-14-5-2-6-15-27/h1,3-4,7-11,18H,2,5-6,12-17,19-20H2,(H,26,28). The molecule has 4 nitrogen and oxygen atoms in total. The molecule has 0 aliphatic carbocycles. The fraction of sp³-hybridized carbons (Fsp3) is 0.480. The third-order valence-electron chi connectivity index (χ3n) is 6.41. The van der Waals surface area contributed by atoms with Gasteiger partial charge in [0.1, 0.15) is 0 Å². The Morgan fingerprint density at radius 2 is 1.66 bits per heavy atom. The van der Waals surface area contributed by atoms with Gasteiger partial charge in [0.05, 0.1) is 5.41 Å². The Labute approximate surface area is 174 Å². The van der Waals surface area contributed by atoms with E-state index < -0.39 is 5.41 Å². The van der Waals surface area contributed by atoms with Gasteiger partial charge in [0.2, 0.25) is 5.91 Å². The molecule has 4 rings (SSSR count). The second kappa shape index (κ2) is 9.55. The Kier molecular flexibility index (Phi) is 6.63. The summed E-state index contributed by atoms with van der Waals surface area (Å²) in [5, 5.41) is 3.23. The molecule has 154 valence electrons. The Hall–Kier alpha value is -2.17. The molecule has 2 aliphatic rings. The van der Waals surface area contributed by atoms with Crippen molar-refractivity contribution in [2.24, 2.45) is 0 Å². The molecule has 29 heavy (non-hydrogen) atoms. The van der Waals surface area contributed by atoms with E-state index in [1.165, 1.54) is 43.5 Å². The van der Waals surface area contributed by atoms with Crippen LogP contribution in [0.1, 0.15) is 48.8 Å². The molecule has 2 aromatic carbocycles. The van der Waals surface area contributed by atoms with Crippen LogP contribution in [0.25, 0.3) is 0 Å². The van der Waals surface area contributed by atoms with E-state index in [1.54, 1.807) is 0 Å². The summed E-state index contributed by atoms with van der Waals surface area (Å²) in [5.74, 6) is 0.119. The summed E-state index contributed by atoms with van der Waals surface area (Å²) >= 11 is 0. The average molecular weight is 393 g/mol. The number of hydrogen-bond acceptors (Lipinski definition) is 3. The zero-order chi connectivity index (χ0) is 19.9. The first-order valence-corrected chi connectivity index (χ1v) is 11.0. The first-order chi connectivity index (χ1) is 14.3. The van der Waals surface area contributed by atoms with Gasteiger partial charge >= 0.3 is 0 Å². The van der Waals surface area contributed by atoms with Gasteiger partial charge in [-0.05, 0) is 55.5 Å². The molecule has 2 saturated heterocycles. The maximum atomic E-state index is 13.3. The number of likely N-dealkylation sites (tertiary alicyclic amines) is 1. The minimum atomic E-state index is -0.481.